The summed E-state index contributed by atoms with van der Waals surface area (Å²) in [4.78, 5) is 0. The summed E-state index contributed by atoms with van der Waals surface area (Å²) in [7, 11) is -2.61. The summed E-state index contributed by atoms with van der Waals surface area (Å²) >= 11 is 0. The van der Waals surface area contributed by atoms with E-state index in [9.17, 15) is 5.11 Å². The van der Waals surface area contributed by atoms with Crippen LogP contribution >= 0.6 is 0 Å². The van der Waals surface area contributed by atoms with Crippen molar-refractivity contribution < 1.29 is 5.11 Å². The first kappa shape index (κ1) is 26.4. The van der Waals surface area contributed by atoms with E-state index < -0.39 is 21.7 Å². The molecule has 0 spiro atoms. The Hall–Kier alpha value is 0.354. The highest BCUT2D eigenvalue weighted by molar-refractivity contribution is 6.78. The average Bonchev–Trinajstić information content (AvgIpc) is 2.40. The minimum Gasteiger partial charge on any atom is -0.390 e. The van der Waals surface area contributed by atoms with Crippen LogP contribution in [-0.2, 0) is 0 Å². The van der Waals surface area contributed by atoms with Crippen molar-refractivity contribution in [1.29, 1.82) is 0 Å². The van der Waals surface area contributed by atoms with E-state index in [4.69, 9.17) is 5.73 Å². The van der Waals surface area contributed by atoms with Gasteiger partial charge in [-0.05, 0) is 24.9 Å². The molecule has 3 N–H and O–H groups in total. The first-order valence-electron chi connectivity index (χ1n) is 11.3. The van der Waals surface area contributed by atoms with Crippen molar-refractivity contribution in [2.24, 2.45) is 5.73 Å². The highest BCUT2D eigenvalue weighted by Crippen LogP contribution is 2.34. The van der Waals surface area contributed by atoms with Gasteiger partial charge in [-0.3, -0.25) is 0 Å². The van der Waals surface area contributed by atoms with Gasteiger partial charge < -0.3 is 10.8 Å². The minimum atomic E-state index is -1.31. The van der Waals surface area contributed by atoms with E-state index in [0.717, 1.165) is 24.9 Å². The van der Waals surface area contributed by atoms with E-state index in [1.165, 1.54) is 57.8 Å². The molecule has 26 heavy (non-hydrogen) atoms. The first-order chi connectivity index (χ1) is 11.9. The Morgan fingerprint density at radius 2 is 1.12 bits per heavy atom. The van der Waals surface area contributed by atoms with E-state index in [-0.39, 0.29) is 6.04 Å². The number of hydrogen-bond acceptors (Lipinski definition) is 2. The van der Waals surface area contributed by atoms with Crippen LogP contribution in [0.25, 0.3) is 0 Å². The average molecular weight is 402 g/mol. The number of unbranched alkanes of at least 4 members (excludes halogenated alkanes) is 8. The Balaban J connectivity index is 4.15. The molecule has 4 heteroatoms. The van der Waals surface area contributed by atoms with Gasteiger partial charge in [0, 0.05) is 22.2 Å². The third-order valence-corrected chi connectivity index (χ3v) is 8.48. The molecule has 0 aromatic rings. The summed E-state index contributed by atoms with van der Waals surface area (Å²) in [6.45, 7) is 16.5. The second-order valence-electron chi connectivity index (χ2n) is 11.3. The first-order valence-corrected chi connectivity index (χ1v) is 18.8. The molecular weight excluding hydrogens is 350 g/mol. The van der Waals surface area contributed by atoms with E-state index in [1.54, 1.807) is 0 Å². The molecule has 0 aromatic carbocycles. The van der Waals surface area contributed by atoms with Gasteiger partial charge >= 0.3 is 0 Å². The van der Waals surface area contributed by atoms with Gasteiger partial charge in [0.05, 0.1) is 5.60 Å². The normalized spacial score (nSPS) is 14.7. The van der Waals surface area contributed by atoms with E-state index >= 15 is 0 Å². The highest BCUT2D eigenvalue weighted by Gasteiger charge is 2.38. The number of rotatable bonds is 16. The predicted molar refractivity (Wildman–Crippen MR) is 126 cm³/mol. The maximum absolute atomic E-state index is 11.4. The molecule has 0 aliphatic rings. The van der Waals surface area contributed by atoms with Gasteiger partial charge in [-0.25, -0.2) is 0 Å². The second kappa shape index (κ2) is 12.7. The number of hydrogen-bond donors (Lipinski definition) is 2. The van der Waals surface area contributed by atoms with Crippen LogP contribution in [0.3, 0.4) is 0 Å². The molecule has 1 atom stereocenters. The lowest BCUT2D eigenvalue weighted by Crippen LogP contribution is -2.46. The van der Waals surface area contributed by atoms with Crippen LogP contribution in [0.2, 0.25) is 51.4 Å². The third-order valence-electron chi connectivity index (χ3n) is 5.04. The Morgan fingerprint density at radius 3 is 1.50 bits per heavy atom. The summed E-state index contributed by atoms with van der Waals surface area (Å²) in [6.07, 6.45) is 14.1. The summed E-state index contributed by atoms with van der Waals surface area (Å²) in [6, 6.07) is 2.16. The Bertz CT molecular complexity index is 331. The summed E-state index contributed by atoms with van der Waals surface area (Å²) in [5.74, 6) is 0. The van der Waals surface area contributed by atoms with Crippen LogP contribution in [-0.4, -0.2) is 32.9 Å². The zero-order chi connectivity index (χ0) is 20.3. The van der Waals surface area contributed by atoms with Gasteiger partial charge in [-0.15, -0.1) is 0 Å². The zero-order valence-corrected chi connectivity index (χ0v) is 21.3. The van der Waals surface area contributed by atoms with Crippen LogP contribution in [0.5, 0.6) is 0 Å². The van der Waals surface area contributed by atoms with Crippen molar-refractivity contribution in [2.75, 3.05) is 0 Å². The molecule has 0 unspecified atom stereocenters. The van der Waals surface area contributed by atoms with Crippen LogP contribution < -0.4 is 5.73 Å². The molecule has 0 heterocycles. The molecule has 0 saturated heterocycles. The van der Waals surface area contributed by atoms with Gasteiger partial charge in [-0.2, -0.15) is 0 Å². The molecule has 0 amide bonds. The molecule has 0 radical (unpaired) electrons. The lowest BCUT2D eigenvalue weighted by atomic mass is 9.95. The predicted octanol–water partition coefficient (Wildman–Crippen LogP) is 7.03. The highest BCUT2D eigenvalue weighted by atomic mass is 28.3. The Morgan fingerprint density at radius 1 is 0.731 bits per heavy atom. The van der Waals surface area contributed by atoms with Crippen molar-refractivity contribution in [3.05, 3.63) is 0 Å². The van der Waals surface area contributed by atoms with Crippen molar-refractivity contribution in [2.45, 2.75) is 141 Å². The van der Waals surface area contributed by atoms with Crippen LogP contribution in [0.4, 0.5) is 0 Å². The largest absolute Gasteiger partial charge is 0.390 e. The maximum Gasteiger partial charge on any atom is 0.0616 e. The van der Waals surface area contributed by atoms with Crippen molar-refractivity contribution >= 4 is 16.1 Å². The molecule has 0 aromatic heterocycles. The molecule has 0 aliphatic carbocycles. The fourth-order valence-electron chi connectivity index (χ4n) is 4.49. The number of nitrogens with two attached hydrogens (primary N) is 1. The van der Waals surface area contributed by atoms with Gasteiger partial charge in [0.15, 0.2) is 0 Å². The molecule has 0 fully saturated rings. The SMILES string of the molecule is CCCCCCCCCCC[C@@H](N)CC(O)(C[Si](C)(C)C)C[Si](C)(C)C. The third kappa shape index (κ3) is 16.5. The molecule has 0 bridgehead atoms. The van der Waals surface area contributed by atoms with E-state index in [0.29, 0.717) is 0 Å². The Kier molecular flexibility index (Phi) is 12.9. The standard InChI is InChI=1S/C22H51NOSi2/c1-8-9-10-11-12-13-14-15-16-17-21(23)18-22(24,19-25(2,3)4)20-26(5,6)7/h21,24H,8-20,23H2,1-7H3/t21-/m1/s1. The topological polar surface area (TPSA) is 46.2 Å². The van der Waals surface area contributed by atoms with E-state index in [1.807, 2.05) is 0 Å². The molecule has 0 rings (SSSR count). The lowest BCUT2D eigenvalue weighted by Gasteiger charge is -2.39. The molecule has 158 valence electrons. The summed E-state index contributed by atoms with van der Waals surface area (Å²) < 4.78 is 0. The van der Waals surface area contributed by atoms with Gasteiger partial charge in [0.25, 0.3) is 0 Å². The van der Waals surface area contributed by atoms with Crippen LogP contribution in [0.15, 0.2) is 0 Å². The van der Waals surface area contributed by atoms with Crippen LogP contribution in [0.1, 0.15) is 77.6 Å². The van der Waals surface area contributed by atoms with Gasteiger partial charge in [0.1, 0.15) is 0 Å². The van der Waals surface area contributed by atoms with Crippen molar-refractivity contribution in [3.8, 4) is 0 Å². The fourth-order valence-corrected chi connectivity index (χ4v) is 9.23. The van der Waals surface area contributed by atoms with Gasteiger partial charge in [0.2, 0.25) is 0 Å². The molecule has 0 aliphatic heterocycles. The maximum atomic E-state index is 11.4. The fraction of sp³-hybridized carbons (Fsp3) is 1.00. The lowest BCUT2D eigenvalue weighted by molar-refractivity contribution is 0.0597. The monoisotopic (exact) mass is 401 g/mol. The summed E-state index contributed by atoms with van der Waals surface area (Å²) in [5.41, 5.74) is 5.94. The Labute approximate surface area is 167 Å². The molecule has 0 saturated carbocycles. The smallest absolute Gasteiger partial charge is 0.0616 e. The summed E-state index contributed by atoms with van der Waals surface area (Å²) in [5, 5.41) is 11.4. The van der Waals surface area contributed by atoms with Crippen molar-refractivity contribution in [3.63, 3.8) is 0 Å². The second-order valence-corrected chi connectivity index (χ2v) is 22.2. The van der Waals surface area contributed by atoms with Crippen molar-refractivity contribution in [1.82, 2.24) is 0 Å². The van der Waals surface area contributed by atoms with Gasteiger partial charge in [-0.1, -0.05) is 104 Å². The minimum absolute atomic E-state index is 0.164. The quantitative estimate of drug-likeness (QED) is 0.215. The van der Waals surface area contributed by atoms with Crippen LogP contribution in [0, 0.1) is 0 Å². The molecule has 2 nitrogen and oxygen atoms in total. The zero-order valence-electron chi connectivity index (χ0n) is 19.3. The molecular formula is C22H51NOSi2. The van der Waals surface area contributed by atoms with E-state index in [2.05, 4.69) is 46.2 Å². The number of aliphatic hydroxyl groups is 1.